The molecule has 0 amide bonds. The van der Waals surface area contributed by atoms with Crippen molar-refractivity contribution in [2.45, 2.75) is 6.61 Å². The van der Waals surface area contributed by atoms with E-state index in [2.05, 4.69) is 0 Å². The third-order valence-corrected chi connectivity index (χ3v) is 3.51. The zero-order valence-electron chi connectivity index (χ0n) is 11.0. The van der Waals surface area contributed by atoms with Crippen LogP contribution >= 0.6 is 11.6 Å². The molecule has 0 aliphatic rings. The minimum absolute atomic E-state index is 0.0829. The second kappa shape index (κ2) is 5.62. The molecule has 3 aromatic rings. The van der Waals surface area contributed by atoms with Crippen molar-refractivity contribution in [3.63, 3.8) is 0 Å². The number of phenols is 1. The van der Waals surface area contributed by atoms with Crippen LogP contribution in [0, 0.1) is 5.82 Å². The van der Waals surface area contributed by atoms with Crippen LogP contribution in [0.4, 0.5) is 4.39 Å². The highest BCUT2D eigenvalue weighted by atomic mass is 35.5. The van der Waals surface area contributed by atoms with E-state index in [4.69, 9.17) is 16.3 Å². The van der Waals surface area contributed by atoms with Crippen molar-refractivity contribution >= 4 is 22.4 Å². The van der Waals surface area contributed by atoms with Crippen LogP contribution in [0.25, 0.3) is 10.8 Å². The van der Waals surface area contributed by atoms with E-state index >= 15 is 0 Å². The molecule has 0 fully saturated rings. The Morgan fingerprint density at radius 1 is 1.00 bits per heavy atom. The lowest BCUT2D eigenvalue weighted by molar-refractivity contribution is 0.300. The summed E-state index contributed by atoms with van der Waals surface area (Å²) in [5.74, 6) is 0.339. The molecular weight excluding hydrogens is 291 g/mol. The molecule has 3 rings (SSSR count). The van der Waals surface area contributed by atoms with Crippen LogP contribution < -0.4 is 4.74 Å². The predicted molar refractivity (Wildman–Crippen MR) is 81.4 cm³/mol. The number of rotatable bonds is 3. The molecule has 0 saturated heterocycles. The van der Waals surface area contributed by atoms with E-state index in [1.807, 2.05) is 18.2 Å². The van der Waals surface area contributed by atoms with Crippen molar-refractivity contribution in [3.8, 4) is 11.5 Å². The zero-order chi connectivity index (χ0) is 14.8. The Labute approximate surface area is 126 Å². The number of aromatic hydroxyl groups is 1. The summed E-state index contributed by atoms with van der Waals surface area (Å²) in [6.07, 6.45) is 0. The van der Waals surface area contributed by atoms with Gasteiger partial charge in [-0.15, -0.1) is 0 Å². The van der Waals surface area contributed by atoms with E-state index < -0.39 is 5.82 Å². The summed E-state index contributed by atoms with van der Waals surface area (Å²) in [4.78, 5) is 0. The number of benzene rings is 3. The average molecular weight is 303 g/mol. The summed E-state index contributed by atoms with van der Waals surface area (Å²) in [5.41, 5.74) is 0.401. The van der Waals surface area contributed by atoms with Gasteiger partial charge in [0.1, 0.15) is 23.9 Å². The highest BCUT2D eigenvalue weighted by Gasteiger charge is 2.07. The maximum absolute atomic E-state index is 13.8. The van der Waals surface area contributed by atoms with Crippen molar-refractivity contribution < 1.29 is 14.2 Å². The summed E-state index contributed by atoms with van der Waals surface area (Å²) in [5, 5.41) is 11.4. The van der Waals surface area contributed by atoms with Crippen molar-refractivity contribution in [1.82, 2.24) is 0 Å². The van der Waals surface area contributed by atoms with Crippen molar-refractivity contribution in [1.29, 1.82) is 0 Å². The Morgan fingerprint density at radius 2 is 1.81 bits per heavy atom. The highest BCUT2D eigenvalue weighted by molar-refractivity contribution is 6.30. The molecule has 0 unspecified atom stereocenters. The SMILES string of the molecule is Oc1ccc2ccc(OCc3cccc(Cl)c3F)cc2c1. The molecule has 0 aliphatic heterocycles. The van der Waals surface area contributed by atoms with E-state index in [9.17, 15) is 9.50 Å². The Hall–Kier alpha value is -2.26. The van der Waals surface area contributed by atoms with Gasteiger partial charge in [0.15, 0.2) is 0 Å². The minimum Gasteiger partial charge on any atom is -0.508 e. The molecule has 0 atom stereocenters. The van der Waals surface area contributed by atoms with E-state index in [0.717, 1.165) is 10.8 Å². The predicted octanol–water partition coefficient (Wildman–Crippen LogP) is 4.92. The summed E-state index contributed by atoms with van der Waals surface area (Å²) in [7, 11) is 0. The van der Waals surface area contributed by atoms with Gasteiger partial charge in [0, 0.05) is 5.56 Å². The van der Waals surface area contributed by atoms with Crippen LogP contribution in [-0.2, 0) is 6.61 Å². The van der Waals surface area contributed by atoms with Gasteiger partial charge >= 0.3 is 0 Å². The second-order valence-electron chi connectivity index (χ2n) is 4.69. The fourth-order valence-electron chi connectivity index (χ4n) is 2.12. The quantitative estimate of drug-likeness (QED) is 0.744. The van der Waals surface area contributed by atoms with Gasteiger partial charge in [0.05, 0.1) is 5.02 Å². The lowest BCUT2D eigenvalue weighted by atomic mass is 10.1. The average Bonchev–Trinajstić information content (AvgIpc) is 2.48. The molecule has 0 bridgehead atoms. The molecular formula is C17H12ClFO2. The summed E-state index contributed by atoms with van der Waals surface area (Å²) >= 11 is 5.73. The molecule has 0 radical (unpaired) electrons. The first-order valence-electron chi connectivity index (χ1n) is 6.42. The zero-order valence-corrected chi connectivity index (χ0v) is 11.8. The number of fused-ring (bicyclic) bond motifs is 1. The van der Waals surface area contributed by atoms with Gasteiger partial charge in [-0.05, 0) is 41.1 Å². The number of hydrogen-bond donors (Lipinski definition) is 1. The van der Waals surface area contributed by atoms with Gasteiger partial charge in [-0.3, -0.25) is 0 Å². The van der Waals surface area contributed by atoms with Crippen LogP contribution in [0.2, 0.25) is 5.02 Å². The standard InChI is InChI=1S/C17H12ClFO2/c18-16-3-1-2-12(17(16)19)10-21-15-7-5-11-4-6-14(20)8-13(11)9-15/h1-9,20H,10H2. The second-order valence-corrected chi connectivity index (χ2v) is 5.10. The van der Waals surface area contributed by atoms with Gasteiger partial charge in [-0.1, -0.05) is 35.9 Å². The van der Waals surface area contributed by atoms with Crippen LogP contribution in [0.1, 0.15) is 5.56 Å². The maximum Gasteiger partial charge on any atom is 0.148 e. The van der Waals surface area contributed by atoms with Crippen LogP contribution in [0.5, 0.6) is 11.5 Å². The van der Waals surface area contributed by atoms with Crippen molar-refractivity contribution in [2.75, 3.05) is 0 Å². The third-order valence-electron chi connectivity index (χ3n) is 3.22. The van der Waals surface area contributed by atoms with Crippen molar-refractivity contribution in [2.24, 2.45) is 0 Å². The van der Waals surface area contributed by atoms with E-state index in [0.29, 0.717) is 11.3 Å². The number of ether oxygens (including phenoxy) is 1. The van der Waals surface area contributed by atoms with Gasteiger partial charge in [-0.25, -0.2) is 4.39 Å². The summed E-state index contributed by atoms with van der Waals surface area (Å²) < 4.78 is 19.4. The molecule has 1 N–H and O–H groups in total. The van der Waals surface area contributed by atoms with Gasteiger partial charge < -0.3 is 9.84 Å². The number of phenolic OH excluding ortho intramolecular Hbond substituents is 1. The molecule has 106 valence electrons. The number of halogens is 2. The molecule has 2 nitrogen and oxygen atoms in total. The molecule has 0 aliphatic carbocycles. The van der Waals surface area contributed by atoms with Crippen LogP contribution in [0.3, 0.4) is 0 Å². The largest absolute Gasteiger partial charge is 0.508 e. The monoisotopic (exact) mass is 302 g/mol. The molecule has 21 heavy (non-hydrogen) atoms. The van der Waals surface area contributed by atoms with Gasteiger partial charge in [-0.2, -0.15) is 0 Å². The molecule has 4 heteroatoms. The Kier molecular flexibility index (Phi) is 3.67. The van der Waals surface area contributed by atoms with E-state index in [1.165, 1.54) is 6.07 Å². The first kappa shape index (κ1) is 13.7. The number of hydrogen-bond acceptors (Lipinski definition) is 2. The Morgan fingerprint density at radius 3 is 2.67 bits per heavy atom. The molecule has 0 aromatic heterocycles. The molecule has 0 spiro atoms. The topological polar surface area (TPSA) is 29.5 Å². The first-order chi connectivity index (χ1) is 10.1. The Balaban J connectivity index is 1.83. The van der Waals surface area contributed by atoms with Crippen LogP contribution in [-0.4, -0.2) is 5.11 Å². The molecule has 0 saturated carbocycles. The Bertz CT molecular complexity index is 802. The van der Waals surface area contributed by atoms with E-state index in [1.54, 1.807) is 30.3 Å². The molecule has 0 heterocycles. The lowest BCUT2D eigenvalue weighted by Crippen LogP contribution is -1.98. The lowest BCUT2D eigenvalue weighted by Gasteiger charge is -2.09. The van der Waals surface area contributed by atoms with Crippen molar-refractivity contribution in [3.05, 3.63) is 71.0 Å². The van der Waals surface area contributed by atoms with Gasteiger partial charge in [0.25, 0.3) is 0 Å². The smallest absolute Gasteiger partial charge is 0.148 e. The fourth-order valence-corrected chi connectivity index (χ4v) is 2.32. The first-order valence-corrected chi connectivity index (χ1v) is 6.80. The van der Waals surface area contributed by atoms with E-state index in [-0.39, 0.29) is 17.4 Å². The summed E-state index contributed by atoms with van der Waals surface area (Å²) in [6.45, 7) is 0.0940. The molecule has 3 aromatic carbocycles. The summed E-state index contributed by atoms with van der Waals surface area (Å²) in [6, 6.07) is 15.4. The third kappa shape index (κ3) is 2.93. The van der Waals surface area contributed by atoms with Gasteiger partial charge in [0.2, 0.25) is 0 Å². The fraction of sp³-hybridized carbons (Fsp3) is 0.0588. The van der Waals surface area contributed by atoms with Crippen LogP contribution in [0.15, 0.2) is 54.6 Å². The minimum atomic E-state index is -0.461. The highest BCUT2D eigenvalue weighted by Crippen LogP contribution is 2.25. The maximum atomic E-state index is 13.8. The normalized spacial score (nSPS) is 10.8.